The van der Waals surface area contributed by atoms with Crippen LogP contribution >= 0.6 is 0 Å². The third-order valence-corrected chi connectivity index (χ3v) is 7.28. The van der Waals surface area contributed by atoms with Crippen LogP contribution in [-0.2, 0) is 14.3 Å². The Morgan fingerprint density at radius 2 is 0.825 bits per heavy atom. The maximum absolute atomic E-state index is 11.2. The Labute approximate surface area is 250 Å². The van der Waals surface area contributed by atoms with Gasteiger partial charge in [-0.15, -0.1) is 0 Å². The molecule has 4 heteroatoms. The van der Waals surface area contributed by atoms with Crippen molar-refractivity contribution >= 4 is 11.9 Å². The summed E-state index contributed by atoms with van der Waals surface area (Å²) in [7, 11) is 0. The summed E-state index contributed by atoms with van der Waals surface area (Å²) < 4.78 is 5.06. The van der Waals surface area contributed by atoms with Crippen molar-refractivity contribution in [3.05, 3.63) is 24.3 Å². The summed E-state index contributed by atoms with van der Waals surface area (Å²) >= 11 is 0. The fourth-order valence-electron chi connectivity index (χ4n) is 4.55. The molecule has 0 saturated heterocycles. The van der Waals surface area contributed by atoms with Crippen molar-refractivity contribution in [2.24, 2.45) is 0 Å². The van der Waals surface area contributed by atoms with Crippen molar-refractivity contribution in [3.8, 4) is 0 Å². The number of rotatable bonds is 28. The maximum atomic E-state index is 11.2. The topological polar surface area (TPSA) is 55.4 Å². The lowest BCUT2D eigenvalue weighted by Crippen LogP contribution is -2.24. The summed E-state index contributed by atoms with van der Waals surface area (Å²) in [6.07, 6.45) is 32.1. The lowest BCUT2D eigenvalue weighted by atomic mass is 10.1. The predicted molar refractivity (Wildman–Crippen MR) is 176 cm³/mol. The molecule has 1 N–H and O–H groups in total. The summed E-state index contributed by atoms with van der Waals surface area (Å²) in [6, 6.07) is 0. The molecule has 40 heavy (non-hydrogen) atoms. The van der Waals surface area contributed by atoms with E-state index in [0.29, 0.717) is 17.8 Å². The van der Waals surface area contributed by atoms with Crippen LogP contribution in [0.5, 0.6) is 0 Å². The Kier molecular flexibility index (Phi) is 34.1. The second-order valence-corrected chi connectivity index (χ2v) is 11.7. The van der Waals surface area contributed by atoms with Crippen LogP contribution in [0.25, 0.3) is 0 Å². The first-order valence-corrected chi connectivity index (χ1v) is 17.1. The van der Waals surface area contributed by atoms with Crippen molar-refractivity contribution in [1.29, 1.82) is 0 Å². The molecule has 0 rings (SSSR count). The van der Waals surface area contributed by atoms with Gasteiger partial charge < -0.3 is 10.1 Å². The highest BCUT2D eigenvalue weighted by atomic mass is 16.5. The van der Waals surface area contributed by atoms with E-state index in [1.54, 1.807) is 13.8 Å². The first kappa shape index (κ1) is 40.6. The molecule has 0 bridgehead atoms. The van der Waals surface area contributed by atoms with Crippen molar-refractivity contribution in [1.82, 2.24) is 5.32 Å². The van der Waals surface area contributed by atoms with E-state index >= 15 is 0 Å². The number of nitrogens with one attached hydrogen (secondary N) is 1. The summed E-state index contributed by atoms with van der Waals surface area (Å²) in [6.45, 7) is 16.5. The Morgan fingerprint density at radius 1 is 0.500 bits per heavy atom. The van der Waals surface area contributed by atoms with Crippen LogP contribution < -0.4 is 5.32 Å². The molecule has 4 nitrogen and oxygen atoms in total. The molecule has 0 aromatic carbocycles. The van der Waals surface area contributed by atoms with Crippen LogP contribution in [0.4, 0.5) is 0 Å². The van der Waals surface area contributed by atoms with Gasteiger partial charge in [-0.25, -0.2) is 4.79 Å². The minimum atomic E-state index is -0.256. The van der Waals surface area contributed by atoms with Gasteiger partial charge in [-0.1, -0.05) is 168 Å². The van der Waals surface area contributed by atoms with Gasteiger partial charge in [0.1, 0.15) is 0 Å². The molecule has 236 valence electrons. The summed E-state index contributed by atoms with van der Waals surface area (Å²) in [5, 5.41) is 2.88. The van der Waals surface area contributed by atoms with E-state index in [-0.39, 0.29) is 11.9 Å². The number of hydrogen-bond acceptors (Lipinski definition) is 3. The average molecular weight is 564 g/mol. The summed E-state index contributed by atoms with van der Waals surface area (Å²) in [4.78, 5) is 22.4. The van der Waals surface area contributed by atoms with Crippen LogP contribution in [-0.4, -0.2) is 25.0 Å². The van der Waals surface area contributed by atoms with Crippen LogP contribution in [0, 0.1) is 0 Å². The molecule has 0 aromatic rings. The minimum Gasteiger partial charge on any atom is -0.462 e. The van der Waals surface area contributed by atoms with Crippen molar-refractivity contribution < 1.29 is 14.3 Å². The second-order valence-electron chi connectivity index (χ2n) is 11.7. The Bertz CT molecular complexity index is 547. The van der Waals surface area contributed by atoms with Gasteiger partial charge in [-0.2, -0.15) is 0 Å². The smallest absolute Gasteiger partial charge is 0.333 e. The molecule has 0 saturated carbocycles. The lowest BCUT2D eigenvalue weighted by molar-refractivity contribution is -0.139. The van der Waals surface area contributed by atoms with Crippen LogP contribution in [0.2, 0.25) is 0 Å². The summed E-state index contributed by atoms with van der Waals surface area (Å²) in [5.74, 6) is -0.263. The average Bonchev–Trinajstić information content (AvgIpc) is 2.93. The fourth-order valence-corrected chi connectivity index (χ4v) is 4.55. The van der Waals surface area contributed by atoms with E-state index in [1.807, 2.05) is 0 Å². The standard InChI is InChI=1S/C18H35NO.C18H34O2/c1-4-5-6-7-8-9-10-11-12-13-14-15-16-19-18(20)17(2)3;1-4-5-6-7-8-9-10-11-12-13-14-15-16-20-18(19)17(2)3/h2,4-16H2,1,3H3,(H,19,20);2,4-16H2,1,3H3. The van der Waals surface area contributed by atoms with Gasteiger partial charge in [-0.3, -0.25) is 4.79 Å². The molecule has 0 heterocycles. The Balaban J connectivity index is 0. The number of unbranched alkanes of at least 4 members (excludes halogenated alkanes) is 22. The van der Waals surface area contributed by atoms with Gasteiger partial charge >= 0.3 is 5.97 Å². The van der Waals surface area contributed by atoms with E-state index in [9.17, 15) is 9.59 Å². The van der Waals surface area contributed by atoms with Crippen LogP contribution in [0.15, 0.2) is 24.3 Å². The monoisotopic (exact) mass is 564 g/mol. The van der Waals surface area contributed by atoms with Gasteiger partial charge in [0.2, 0.25) is 5.91 Å². The first-order chi connectivity index (χ1) is 19.4. The highest BCUT2D eigenvalue weighted by Crippen LogP contribution is 2.13. The van der Waals surface area contributed by atoms with Gasteiger partial charge in [-0.05, 0) is 26.7 Å². The number of amides is 1. The first-order valence-electron chi connectivity index (χ1n) is 17.1. The van der Waals surface area contributed by atoms with E-state index < -0.39 is 0 Å². The maximum Gasteiger partial charge on any atom is 0.333 e. The van der Waals surface area contributed by atoms with Crippen molar-refractivity contribution in [2.45, 2.75) is 182 Å². The van der Waals surface area contributed by atoms with E-state index in [1.165, 1.54) is 141 Å². The van der Waals surface area contributed by atoms with E-state index in [4.69, 9.17) is 4.74 Å². The molecule has 0 aliphatic rings. The molecule has 0 spiro atoms. The molecule has 0 unspecified atom stereocenters. The molecular weight excluding hydrogens is 494 g/mol. The fraction of sp³-hybridized carbons (Fsp3) is 0.833. The molecule has 1 amide bonds. The SMILES string of the molecule is C=C(C)C(=O)NCCCCCCCCCCCCCC.C=C(C)C(=O)OCCCCCCCCCCCCCC. The molecule has 0 atom stereocenters. The number of carbonyl (C=O) groups is 2. The third kappa shape index (κ3) is 34.4. The number of esters is 1. The number of ether oxygens (including phenoxy) is 1. The lowest BCUT2D eigenvalue weighted by Gasteiger charge is -2.05. The van der Waals surface area contributed by atoms with Crippen molar-refractivity contribution in [2.75, 3.05) is 13.2 Å². The molecule has 0 aliphatic carbocycles. The quantitative estimate of drug-likeness (QED) is 0.0585. The highest BCUT2D eigenvalue weighted by molar-refractivity contribution is 5.92. The van der Waals surface area contributed by atoms with Gasteiger partial charge in [0.15, 0.2) is 0 Å². The third-order valence-electron chi connectivity index (χ3n) is 7.28. The Hall–Kier alpha value is -1.58. The molecule has 0 radical (unpaired) electrons. The summed E-state index contributed by atoms with van der Waals surface area (Å²) in [5.41, 5.74) is 1.09. The zero-order valence-electron chi connectivity index (χ0n) is 27.5. The Morgan fingerprint density at radius 3 is 1.15 bits per heavy atom. The highest BCUT2D eigenvalue weighted by Gasteiger charge is 2.02. The second kappa shape index (κ2) is 33.6. The zero-order chi connectivity index (χ0) is 30.1. The van der Waals surface area contributed by atoms with Gasteiger partial charge in [0.25, 0.3) is 0 Å². The normalized spacial score (nSPS) is 10.5. The van der Waals surface area contributed by atoms with Gasteiger partial charge in [0.05, 0.1) is 6.61 Å². The minimum absolute atomic E-state index is 0.00641. The van der Waals surface area contributed by atoms with E-state index in [2.05, 4.69) is 32.3 Å². The van der Waals surface area contributed by atoms with Crippen LogP contribution in [0.3, 0.4) is 0 Å². The zero-order valence-corrected chi connectivity index (χ0v) is 27.5. The number of carbonyl (C=O) groups excluding carboxylic acids is 2. The van der Waals surface area contributed by atoms with Crippen LogP contribution in [0.1, 0.15) is 182 Å². The van der Waals surface area contributed by atoms with Crippen molar-refractivity contribution in [3.63, 3.8) is 0 Å². The largest absolute Gasteiger partial charge is 0.462 e. The van der Waals surface area contributed by atoms with E-state index in [0.717, 1.165) is 19.4 Å². The number of hydrogen-bond donors (Lipinski definition) is 1. The van der Waals surface area contributed by atoms with Gasteiger partial charge in [0, 0.05) is 17.7 Å². The molecule has 0 aromatic heterocycles. The molecular formula is C36H69NO3. The molecule has 0 aliphatic heterocycles. The predicted octanol–water partition coefficient (Wildman–Crippen LogP) is 11.2. The molecule has 0 fully saturated rings.